The van der Waals surface area contributed by atoms with E-state index in [1.165, 1.54) is 0 Å². The highest BCUT2D eigenvalue weighted by Crippen LogP contribution is 2.28. The molecule has 0 unspecified atom stereocenters. The predicted molar refractivity (Wildman–Crippen MR) is 75.5 cm³/mol. The van der Waals surface area contributed by atoms with Crippen LogP contribution in [0.2, 0.25) is 0 Å². The highest BCUT2D eigenvalue weighted by molar-refractivity contribution is 14.1. The third kappa shape index (κ3) is 3.44. The molecular weight excluding hydrogens is 345 g/mol. The summed E-state index contributed by atoms with van der Waals surface area (Å²) in [4.78, 5) is 24.6. The molecule has 0 spiro atoms. The first-order valence-corrected chi connectivity index (χ1v) is 6.94. The Bertz CT molecular complexity index is 471. The third-order valence-corrected chi connectivity index (χ3v) is 3.56. The Morgan fingerprint density at radius 3 is 2.67 bits per heavy atom. The lowest BCUT2D eigenvalue weighted by Crippen LogP contribution is -2.35. The molecule has 0 heterocycles. The molecule has 18 heavy (non-hydrogen) atoms. The van der Waals surface area contributed by atoms with Crippen LogP contribution in [0.15, 0.2) is 24.3 Å². The SMILES string of the molecule is O=C(O)CCN(C(=O)c1cccc(I)c1)C1CC1. The molecule has 2 rings (SSSR count). The van der Waals surface area contributed by atoms with E-state index in [2.05, 4.69) is 22.6 Å². The summed E-state index contributed by atoms with van der Waals surface area (Å²) in [5.74, 6) is -0.923. The van der Waals surface area contributed by atoms with Gasteiger partial charge < -0.3 is 10.0 Å². The van der Waals surface area contributed by atoms with Gasteiger partial charge in [-0.3, -0.25) is 9.59 Å². The standard InChI is InChI=1S/C13H14INO3/c14-10-3-1-2-9(8-10)13(18)15(11-4-5-11)7-6-12(16)17/h1-3,8,11H,4-7H2,(H,16,17). The fourth-order valence-electron chi connectivity index (χ4n) is 1.84. The first-order valence-electron chi connectivity index (χ1n) is 5.86. The fraction of sp³-hybridized carbons (Fsp3) is 0.385. The summed E-state index contributed by atoms with van der Waals surface area (Å²) in [5.41, 5.74) is 0.638. The maximum Gasteiger partial charge on any atom is 0.305 e. The Morgan fingerprint density at radius 1 is 1.39 bits per heavy atom. The monoisotopic (exact) mass is 359 g/mol. The zero-order valence-corrected chi connectivity index (χ0v) is 12.0. The minimum Gasteiger partial charge on any atom is -0.481 e. The van der Waals surface area contributed by atoms with Gasteiger partial charge in [0.15, 0.2) is 0 Å². The largest absolute Gasteiger partial charge is 0.481 e. The number of hydrogen-bond donors (Lipinski definition) is 1. The summed E-state index contributed by atoms with van der Waals surface area (Å²) in [7, 11) is 0. The van der Waals surface area contributed by atoms with E-state index in [0.717, 1.165) is 16.4 Å². The predicted octanol–water partition coefficient (Wildman–Crippen LogP) is 2.37. The van der Waals surface area contributed by atoms with Crippen LogP contribution in [0.5, 0.6) is 0 Å². The Kier molecular flexibility index (Phi) is 4.21. The molecule has 1 aliphatic carbocycles. The van der Waals surface area contributed by atoms with Crippen LogP contribution in [0.3, 0.4) is 0 Å². The average molecular weight is 359 g/mol. The number of carbonyl (C=O) groups is 2. The van der Waals surface area contributed by atoms with Gasteiger partial charge in [0.1, 0.15) is 0 Å². The van der Waals surface area contributed by atoms with Crippen molar-refractivity contribution in [2.45, 2.75) is 25.3 Å². The number of amides is 1. The fourth-order valence-corrected chi connectivity index (χ4v) is 2.38. The summed E-state index contributed by atoms with van der Waals surface area (Å²) < 4.78 is 1.01. The highest BCUT2D eigenvalue weighted by Gasteiger charge is 2.33. The first kappa shape index (κ1) is 13.3. The summed E-state index contributed by atoms with van der Waals surface area (Å²) in [6, 6.07) is 7.61. The van der Waals surface area contributed by atoms with E-state index in [4.69, 9.17) is 5.11 Å². The minimum absolute atomic E-state index is 0.00612. The second-order valence-electron chi connectivity index (χ2n) is 4.38. The maximum atomic E-state index is 12.3. The van der Waals surface area contributed by atoms with Crippen LogP contribution in [0.4, 0.5) is 0 Å². The van der Waals surface area contributed by atoms with Crippen molar-refractivity contribution < 1.29 is 14.7 Å². The molecule has 0 radical (unpaired) electrons. The Labute approximate surface area is 119 Å². The van der Waals surface area contributed by atoms with E-state index in [9.17, 15) is 9.59 Å². The third-order valence-electron chi connectivity index (χ3n) is 2.89. The molecular formula is C13H14INO3. The van der Waals surface area contributed by atoms with Crippen molar-refractivity contribution in [2.24, 2.45) is 0 Å². The molecule has 1 N–H and O–H groups in total. The second-order valence-corrected chi connectivity index (χ2v) is 5.63. The highest BCUT2D eigenvalue weighted by atomic mass is 127. The van der Waals surface area contributed by atoms with Crippen molar-refractivity contribution in [3.8, 4) is 0 Å². The van der Waals surface area contributed by atoms with Gasteiger partial charge in [-0.25, -0.2) is 0 Å². The van der Waals surface area contributed by atoms with Crippen LogP contribution in [0.1, 0.15) is 29.6 Å². The number of carboxylic acids is 1. The smallest absolute Gasteiger partial charge is 0.305 e. The van der Waals surface area contributed by atoms with Gasteiger partial charge in [0.05, 0.1) is 6.42 Å². The maximum absolute atomic E-state index is 12.3. The van der Waals surface area contributed by atoms with Gasteiger partial charge >= 0.3 is 5.97 Å². The number of halogens is 1. The molecule has 0 aromatic heterocycles. The van der Waals surface area contributed by atoms with Crippen molar-refractivity contribution in [1.82, 2.24) is 4.90 Å². The van der Waals surface area contributed by atoms with Crippen LogP contribution in [-0.2, 0) is 4.79 Å². The molecule has 96 valence electrons. The Morgan fingerprint density at radius 2 is 2.11 bits per heavy atom. The van der Waals surface area contributed by atoms with Crippen LogP contribution in [0.25, 0.3) is 0 Å². The molecule has 1 aromatic rings. The summed E-state index contributed by atoms with van der Waals surface area (Å²) in [6.07, 6.45) is 1.97. The van der Waals surface area contributed by atoms with Gasteiger partial charge in [-0.05, 0) is 53.6 Å². The van der Waals surface area contributed by atoms with Gasteiger partial charge in [0.2, 0.25) is 0 Å². The topological polar surface area (TPSA) is 57.6 Å². The van der Waals surface area contributed by atoms with Crippen molar-refractivity contribution >= 4 is 34.5 Å². The van der Waals surface area contributed by atoms with Crippen molar-refractivity contribution in [3.05, 3.63) is 33.4 Å². The lowest BCUT2D eigenvalue weighted by atomic mass is 10.2. The second kappa shape index (κ2) is 5.69. The van der Waals surface area contributed by atoms with E-state index in [1.807, 2.05) is 18.2 Å². The van der Waals surface area contributed by atoms with Gasteiger partial charge in [-0.1, -0.05) is 6.07 Å². The van der Waals surface area contributed by atoms with Crippen molar-refractivity contribution in [1.29, 1.82) is 0 Å². The zero-order chi connectivity index (χ0) is 13.1. The Balaban J connectivity index is 2.10. The quantitative estimate of drug-likeness (QED) is 0.822. The molecule has 0 bridgehead atoms. The molecule has 0 saturated heterocycles. The molecule has 1 saturated carbocycles. The van der Waals surface area contributed by atoms with E-state index in [1.54, 1.807) is 11.0 Å². The zero-order valence-electron chi connectivity index (χ0n) is 9.80. The van der Waals surface area contributed by atoms with Crippen LogP contribution < -0.4 is 0 Å². The van der Waals surface area contributed by atoms with Gasteiger partial charge in [-0.2, -0.15) is 0 Å². The lowest BCUT2D eigenvalue weighted by Gasteiger charge is -2.21. The molecule has 0 aliphatic heterocycles. The van der Waals surface area contributed by atoms with E-state index >= 15 is 0 Å². The summed E-state index contributed by atoms with van der Waals surface area (Å²) in [5, 5.41) is 8.72. The van der Waals surface area contributed by atoms with Crippen LogP contribution in [0, 0.1) is 3.57 Å². The number of benzene rings is 1. The minimum atomic E-state index is -0.865. The van der Waals surface area contributed by atoms with E-state index < -0.39 is 5.97 Å². The van der Waals surface area contributed by atoms with E-state index in [0.29, 0.717) is 12.1 Å². The van der Waals surface area contributed by atoms with Gasteiger partial charge in [0, 0.05) is 21.7 Å². The first-order chi connectivity index (χ1) is 8.58. The molecule has 1 aromatic carbocycles. The Hall–Kier alpha value is -1.11. The van der Waals surface area contributed by atoms with Crippen LogP contribution in [-0.4, -0.2) is 34.5 Å². The van der Waals surface area contributed by atoms with Crippen LogP contribution >= 0.6 is 22.6 Å². The molecule has 5 heteroatoms. The number of aliphatic carboxylic acids is 1. The van der Waals surface area contributed by atoms with Crippen molar-refractivity contribution in [3.63, 3.8) is 0 Å². The molecule has 0 atom stereocenters. The van der Waals surface area contributed by atoms with E-state index in [-0.39, 0.29) is 18.4 Å². The molecule has 1 aliphatic rings. The number of nitrogens with zero attached hydrogens (tertiary/aromatic N) is 1. The molecule has 1 fully saturated rings. The normalized spacial score (nSPS) is 14.3. The van der Waals surface area contributed by atoms with Crippen molar-refractivity contribution in [2.75, 3.05) is 6.54 Å². The van der Waals surface area contributed by atoms with Gasteiger partial charge in [0.25, 0.3) is 5.91 Å². The average Bonchev–Trinajstić information content (AvgIpc) is 3.13. The number of hydrogen-bond acceptors (Lipinski definition) is 2. The van der Waals surface area contributed by atoms with Gasteiger partial charge in [-0.15, -0.1) is 0 Å². The molecule has 1 amide bonds. The summed E-state index contributed by atoms with van der Waals surface area (Å²) >= 11 is 2.16. The number of rotatable bonds is 5. The number of carbonyl (C=O) groups excluding carboxylic acids is 1. The summed E-state index contributed by atoms with van der Waals surface area (Å²) in [6.45, 7) is 0.296. The molecule has 4 nitrogen and oxygen atoms in total. The lowest BCUT2D eigenvalue weighted by molar-refractivity contribution is -0.137. The number of carboxylic acid groups (broad SMARTS) is 1.